The van der Waals surface area contributed by atoms with Crippen LogP contribution < -0.4 is 0 Å². The molecule has 0 amide bonds. The number of carbonyl (C=O) groups is 1. The molecule has 24 heavy (non-hydrogen) atoms. The van der Waals surface area contributed by atoms with E-state index in [1.807, 2.05) is 27.9 Å². The first-order chi connectivity index (χ1) is 11.5. The van der Waals surface area contributed by atoms with Crippen LogP contribution in [0.25, 0.3) is 0 Å². The Bertz CT molecular complexity index is 377. The lowest BCUT2D eigenvalue weighted by atomic mass is 9.72. The zero-order chi connectivity index (χ0) is 17.6. The van der Waals surface area contributed by atoms with E-state index in [1.165, 1.54) is 38.5 Å². The molecule has 4 nitrogen and oxygen atoms in total. The zero-order valence-electron chi connectivity index (χ0n) is 16.0. The Morgan fingerprint density at radius 3 is 1.88 bits per heavy atom. The van der Waals surface area contributed by atoms with Crippen molar-refractivity contribution in [3.8, 4) is 0 Å². The smallest absolute Gasteiger partial charge is 0.313 e. The molecule has 2 rings (SSSR count). The summed E-state index contributed by atoms with van der Waals surface area (Å²) in [6.07, 6.45) is 11.3. The lowest BCUT2D eigenvalue weighted by Crippen LogP contribution is -2.31. The van der Waals surface area contributed by atoms with Gasteiger partial charge >= 0.3 is 5.97 Å². The summed E-state index contributed by atoms with van der Waals surface area (Å²) in [5, 5.41) is 0. The number of carbonyl (C=O) groups excluding carboxylic acids is 1. The highest BCUT2D eigenvalue weighted by Gasteiger charge is 2.31. The highest BCUT2D eigenvalue weighted by molar-refractivity contribution is 5.75. The van der Waals surface area contributed by atoms with Crippen LogP contribution in [0.1, 0.15) is 78.6 Å². The van der Waals surface area contributed by atoms with Crippen LogP contribution >= 0.6 is 0 Å². The minimum absolute atomic E-state index is 0.108. The van der Waals surface area contributed by atoms with Crippen LogP contribution in [-0.2, 0) is 19.0 Å². The molecular weight excluding hydrogens is 304 g/mol. The van der Waals surface area contributed by atoms with E-state index in [1.54, 1.807) is 0 Å². The Hall–Kier alpha value is -0.610. The Morgan fingerprint density at radius 2 is 1.42 bits per heavy atom. The van der Waals surface area contributed by atoms with Crippen LogP contribution in [0.5, 0.6) is 0 Å². The molecule has 2 aliphatic rings. The molecule has 0 aliphatic heterocycles. The fraction of sp³-hybridized carbons (Fsp3) is 0.950. The van der Waals surface area contributed by atoms with E-state index in [4.69, 9.17) is 14.2 Å². The van der Waals surface area contributed by atoms with Crippen molar-refractivity contribution in [1.82, 2.24) is 0 Å². The Morgan fingerprint density at radius 1 is 0.917 bits per heavy atom. The normalized spacial score (nSPS) is 31.7. The molecule has 2 fully saturated rings. The average Bonchev–Trinajstić information content (AvgIpc) is 2.62. The maximum Gasteiger partial charge on any atom is 0.313 e. The third-order valence-electron chi connectivity index (χ3n) is 6.37. The third-order valence-corrected chi connectivity index (χ3v) is 6.37. The predicted molar refractivity (Wildman–Crippen MR) is 94.6 cm³/mol. The molecule has 0 atom stereocenters. The van der Waals surface area contributed by atoms with Crippen molar-refractivity contribution in [3.63, 3.8) is 0 Å². The van der Waals surface area contributed by atoms with E-state index in [-0.39, 0.29) is 18.9 Å². The topological polar surface area (TPSA) is 44.8 Å². The quantitative estimate of drug-likeness (QED) is 0.497. The van der Waals surface area contributed by atoms with Crippen molar-refractivity contribution in [1.29, 1.82) is 0 Å². The molecule has 0 spiro atoms. The summed E-state index contributed by atoms with van der Waals surface area (Å²) in [5.74, 6) is 1.57. The second kappa shape index (κ2) is 9.19. The minimum atomic E-state index is -0.415. The summed E-state index contributed by atoms with van der Waals surface area (Å²) in [6, 6.07) is 0. The molecule has 2 saturated carbocycles. The van der Waals surface area contributed by atoms with Crippen molar-refractivity contribution >= 4 is 5.97 Å². The van der Waals surface area contributed by atoms with Gasteiger partial charge in [-0.05, 0) is 83.5 Å². The molecule has 4 heteroatoms. The minimum Gasteiger partial charge on any atom is -0.438 e. The van der Waals surface area contributed by atoms with E-state index in [0.717, 1.165) is 31.1 Å². The van der Waals surface area contributed by atoms with Crippen LogP contribution in [0.4, 0.5) is 0 Å². The molecule has 0 saturated heterocycles. The van der Waals surface area contributed by atoms with Gasteiger partial charge in [-0.1, -0.05) is 6.92 Å². The van der Waals surface area contributed by atoms with Gasteiger partial charge in [0.25, 0.3) is 0 Å². The van der Waals surface area contributed by atoms with Crippen molar-refractivity contribution < 1.29 is 19.0 Å². The van der Waals surface area contributed by atoms with Crippen LogP contribution in [0.15, 0.2) is 0 Å². The maximum absolute atomic E-state index is 11.9. The van der Waals surface area contributed by atoms with Gasteiger partial charge < -0.3 is 14.2 Å². The van der Waals surface area contributed by atoms with Crippen molar-refractivity contribution in [3.05, 3.63) is 0 Å². The fourth-order valence-corrected chi connectivity index (χ4v) is 4.05. The van der Waals surface area contributed by atoms with Gasteiger partial charge in [-0.2, -0.15) is 0 Å². The van der Waals surface area contributed by atoms with E-state index in [9.17, 15) is 4.79 Å². The van der Waals surface area contributed by atoms with Gasteiger partial charge in [-0.25, -0.2) is 0 Å². The van der Waals surface area contributed by atoms with Gasteiger partial charge in [0.2, 0.25) is 0 Å². The Labute approximate surface area is 147 Å². The Kier molecular flexibility index (Phi) is 7.55. The number of methoxy groups -OCH3 is 1. The molecule has 0 N–H and O–H groups in total. The van der Waals surface area contributed by atoms with Crippen LogP contribution in [-0.4, -0.2) is 32.1 Å². The van der Waals surface area contributed by atoms with Gasteiger partial charge in [0.1, 0.15) is 0 Å². The SMILES string of the molecule is CCC(C)(C)C(=O)OCOC1CCC(C2CCC(OC)CC2)CC1. The molecule has 0 radical (unpaired) electrons. The number of hydrogen-bond acceptors (Lipinski definition) is 4. The average molecular weight is 341 g/mol. The van der Waals surface area contributed by atoms with Crippen molar-refractivity contribution in [2.45, 2.75) is 90.8 Å². The highest BCUT2D eigenvalue weighted by atomic mass is 16.7. The second-order valence-corrected chi connectivity index (χ2v) is 8.26. The van der Waals surface area contributed by atoms with Crippen LogP contribution in [0.3, 0.4) is 0 Å². The lowest BCUT2D eigenvalue weighted by Gasteiger charge is -2.37. The number of hydrogen-bond donors (Lipinski definition) is 0. The molecule has 0 aromatic carbocycles. The summed E-state index contributed by atoms with van der Waals surface area (Å²) >= 11 is 0. The fourth-order valence-electron chi connectivity index (χ4n) is 4.05. The summed E-state index contributed by atoms with van der Waals surface area (Å²) in [7, 11) is 1.84. The van der Waals surface area contributed by atoms with E-state index in [0.29, 0.717) is 6.10 Å². The maximum atomic E-state index is 11.9. The first kappa shape index (κ1) is 19.7. The molecule has 0 bridgehead atoms. The summed E-state index contributed by atoms with van der Waals surface area (Å²) in [5.41, 5.74) is -0.415. The largest absolute Gasteiger partial charge is 0.438 e. The number of ether oxygens (including phenoxy) is 3. The molecule has 0 unspecified atom stereocenters. The van der Waals surface area contributed by atoms with Crippen molar-refractivity contribution in [2.24, 2.45) is 17.3 Å². The standard InChI is InChI=1S/C20H36O4/c1-5-20(2,3)19(21)24-14-23-18-12-8-16(9-13-18)15-6-10-17(22-4)11-7-15/h15-18H,5-14H2,1-4H3. The number of rotatable bonds is 7. The molecule has 140 valence electrons. The molecule has 0 aromatic heterocycles. The van der Waals surface area contributed by atoms with E-state index < -0.39 is 5.41 Å². The zero-order valence-corrected chi connectivity index (χ0v) is 16.0. The van der Waals surface area contributed by atoms with Gasteiger partial charge in [-0.3, -0.25) is 4.79 Å². The lowest BCUT2D eigenvalue weighted by molar-refractivity contribution is -0.173. The van der Waals surface area contributed by atoms with Crippen molar-refractivity contribution in [2.75, 3.05) is 13.9 Å². The molecule has 0 heterocycles. The molecular formula is C20H36O4. The second-order valence-electron chi connectivity index (χ2n) is 8.26. The van der Waals surface area contributed by atoms with Crippen LogP contribution in [0.2, 0.25) is 0 Å². The molecule has 2 aliphatic carbocycles. The summed E-state index contributed by atoms with van der Waals surface area (Å²) in [6.45, 7) is 5.94. The predicted octanol–water partition coefficient (Wildman–Crippen LogP) is 4.70. The molecule has 0 aromatic rings. The highest BCUT2D eigenvalue weighted by Crippen LogP contribution is 2.39. The first-order valence-corrected chi connectivity index (χ1v) is 9.78. The van der Waals surface area contributed by atoms with E-state index in [2.05, 4.69) is 0 Å². The summed E-state index contributed by atoms with van der Waals surface area (Å²) < 4.78 is 16.6. The van der Waals surface area contributed by atoms with Gasteiger partial charge in [0.05, 0.1) is 17.6 Å². The van der Waals surface area contributed by atoms with E-state index >= 15 is 0 Å². The van der Waals surface area contributed by atoms with Gasteiger partial charge in [0, 0.05) is 7.11 Å². The summed E-state index contributed by atoms with van der Waals surface area (Å²) in [4.78, 5) is 11.9. The first-order valence-electron chi connectivity index (χ1n) is 9.78. The van der Waals surface area contributed by atoms with Gasteiger partial charge in [0.15, 0.2) is 6.79 Å². The van der Waals surface area contributed by atoms with Crippen LogP contribution in [0, 0.1) is 17.3 Å². The monoisotopic (exact) mass is 340 g/mol. The van der Waals surface area contributed by atoms with Gasteiger partial charge in [-0.15, -0.1) is 0 Å². The third kappa shape index (κ3) is 5.45. The Balaban J connectivity index is 1.62. The number of esters is 1.